The third kappa shape index (κ3) is 3.14. The summed E-state index contributed by atoms with van der Waals surface area (Å²) >= 11 is 0. The average Bonchev–Trinajstić information content (AvgIpc) is 2.56. The fourth-order valence-electron chi connectivity index (χ4n) is 2.69. The third-order valence-electron chi connectivity index (χ3n) is 3.73. The van der Waals surface area contributed by atoms with Crippen molar-refractivity contribution in [2.24, 2.45) is 0 Å². The fraction of sp³-hybridized carbons (Fsp3) is 0.312. The molecule has 0 spiro atoms. The zero-order chi connectivity index (χ0) is 15.4. The third-order valence-corrected chi connectivity index (χ3v) is 3.73. The second-order valence-corrected chi connectivity index (χ2v) is 5.28. The lowest BCUT2D eigenvalue weighted by atomic mass is 10.0. The molecule has 1 atom stereocenters. The van der Waals surface area contributed by atoms with Crippen molar-refractivity contribution in [3.63, 3.8) is 0 Å². The number of nitrogens with zero attached hydrogens (tertiary/aromatic N) is 4. The Balaban J connectivity index is 1.68. The minimum absolute atomic E-state index is 0.176. The summed E-state index contributed by atoms with van der Waals surface area (Å²) < 4.78 is 13.9. The number of nitriles is 1. The molecule has 0 aliphatic carbocycles. The molecule has 1 saturated heterocycles. The van der Waals surface area contributed by atoms with E-state index in [1.807, 2.05) is 17.0 Å². The van der Waals surface area contributed by atoms with Crippen LogP contribution in [-0.2, 0) is 0 Å². The van der Waals surface area contributed by atoms with Crippen LogP contribution >= 0.6 is 0 Å². The maximum Gasteiger partial charge on any atom is 0.158 e. The summed E-state index contributed by atoms with van der Waals surface area (Å²) in [4.78, 5) is 10.2. The van der Waals surface area contributed by atoms with Crippen molar-refractivity contribution in [1.82, 2.24) is 9.97 Å². The molecule has 0 unspecified atom stereocenters. The van der Waals surface area contributed by atoms with E-state index in [0.717, 1.165) is 19.4 Å². The lowest BCUT2D eigenvalue weighted by molar-refractivity contribution is 0.518. The second-order valence-electron chi connectivity index (χ2n) is 5.28. The first-order valence-corrected chi connectivity index (χ1v) is 7.24. The van der Waals surface area contributed by atoms with E-state index in [1.54, 1.807) is 18.3 Å². The minimum atomic E-state index is -0.193. The maximum atomic E-state index is 13.9. The average molecular weight is 297 g/mol. The number of para-hydroxylation sites is 1. The molecular weight excluding hydrogens is 281 g/mol. The number of piperidine rings is 1. The molecule has 1 aliphatic heterocycles. The highest BCUT2D eigenvalue weighted by Gasteiger charge is 2.22. The topological polar surface area (TPSA) is 64.8 Å². The number of hydrogen-bond donors (Lipinski definition) is 1. The number of aromatic nitrogens is 2. The first-order chi connectivity index (χ1) is 10.8. The molecule has 1 aliphatic rings. The lowest BCUT2D eigenvalue weighted by Gasteiger charge is -2.35. The molecule has 1 N–H and O–H groups in total. The van der Waals surface area contributed by atoms with Gasteiger partial charge in [0.15, 0.2) is 5.69 Å². The highest BCUT2D eigenvalue weighted by Crippen LogP contribution is 2.23. The molecular formula is C16H16FN5. The van der Waals surface area contributed by atoms with Crippen LogP contribution < -0.4 is 10.2 Å². The highest BCUT2D eigenvalue weighted by molar-refractivity contribution is 5.49. The van der Waals surface area contributed by atoms with E-state index < -0.39 is 0 Å². The van der Waals surface area contributed by atoms with Gasteiger partial charge in [0.1, 0.15) is 17.7 Å². The lowest BCUT2D eigenvalue weighted by Crippen LogP contribution is -2.42. The van der Waals surface area contributed by atoms with E-state index in [1.165, 1.54) is 12.3 Å². The van der Waals surface area contributed by atoms with Crippen molar-refractivity contribution in [1.29, 1.82) is 5.26 Å². The quantitative estimate of drug-likeness (QED) is 0.943. The zero-order valence-electron chi connectivity index (χ0n) is 12.0. The SMILES string of the molecule is N#Cc1cnc(N[C@H]2CCCN(c3ccccc3F)C2)cn1. The van der Waals surface area contributed by atoms with Crippen LogP contribution in [0.1, 0.15) is 18.5 Å². The van der Waals surface area contributed by atoms with E-state index in [0.29, 0.717) is 23.7 Å². The van der Waals surface area contributed by atoms with Crippen LogP contribution in [0.25, 0.3) is 0 Å². The standard InChI is InChI=1S/C16H16FN5/c17-14-5-1-2-6-15(14)22-7-3-4-12(11-22)21-16-10-19-13(8-18)9-20-16/h1-2,5-6,9-10,12H,3-4,7,11H2,(H,20,21)/t12-/m0/s1. The molecule has 5 nitrogen and oxygen atoms in total. The van der Waals surface area contributed by atoms with Gasteiger partial charge in [-0.1, -0.05) is 12.1 Å². The van der Waals surface area contributed by atoms with E-state index in [4.69, 9.17) is 5.26 Å². The van der Waals surface area contributed by atoms with E-state index in [9.17, 15) is 4.39 Å². The summed E-state index contributed by atoms with van der Waals surface area (Å²) in [6, 6.07) is 8.96. The van der Waals surface area contributed by atoms with Gasteiger partial charge in [-0.25, -0.2) is 14.4 Å². The summed E-state index contributed by atoms with van der Waals surface area (Å²) in [5.41, 5.74) is 0.932. The number of halogens is 1. The van der Waals surface area contributed by atoms with Gasteiger partial charge >= 0.3 is 0 Å². The largest absolute Gasteiger partial charge is 0.367 e. The Morgan fingerprint density at radius 2 is 2.14 bits per heavy atom. The molecule has 0 bridgehead atoms. The summed E-state index contributed by atoms with van der Waals surface area (Å²) in [7, 11) is 0. The molecule has 0 saturated carbocycles. The van der Waals surface area contributed by atoms with Gasteiger partial charge in [0, 0.05) is 19.1 Å². The minimum Gasteiger partial charge on any atom is -0.367 e. The molecule has 1 fully saturated rings. The predicted octanol–water partition coefficient (Wildman–Crippen LogP) is 2.57. The van der Waals surface area contributed by atoms with Gasteiger partial charge in [0.25, 0.3) is 0 Å². The number of nitrogens with one attached hydrogen (secondary N) is 1. The van der Waals surface area contributed by atoms with E-state index in [2.05, 4.69) is 15.3 Å². The van der Waals surface area contributed by atoms with E-state index >= 15 is 0 Å². The van der Waals surface area contributed by atoms with Gasteiger partial charge in [-0.2, -0.15) is 5.26 Å². The molecule has 112 valence electrons. The molecule has 1 aromatic heterocycles. The van der Waals surface area contributed by atoms with E-state index in [-0.39, 0.29) is 11.9 Å². The van der Waals surface area contributed by atoms with Gasteiger partial charge in [0.05, 0.1) is 18.1 Å². The Hall–Kier alpha value is -2.68. The molecule has 1 aromatic carbocycles. The predicted molar refractivity (Wildman–Crippen MR) is 82.0 cm³/mol. The van der Waals surface area contributed by atoms with Crippen LogP contribution in [0.4, 0.5) is 15.9 Å². The second kappa shape index (κ2) is 6.39. The molecule has 3 rings (SSSR count). The van der Waals surface area contributed by atoms with Crippen molar-refractivity contribution in [3.8, 4) is 6.07 Å². The number of rotatable bonds is 3. The molecule has 2 heterocycles. The van der Waals surface area contributed by atoms with Gasteiger partial charge in [-0.15, -0.1) is 0 Å². The Labute approximate surface area is 128 Å². The summed E-state index contributed by atoms with van der Waals surface area (Å²) in [6.45, 7) is 1.56. The maximum absolute atomic E-state index is 13.9. The van der Waals surface area contributed by atoms with Gasteiger partial charge in [-0.05, 0) is 25.0 Å². The van der Waals surface area contributed by atoms with Crippen LogP contribution in [0.15, 0.2) is 36.7 Å². The molecule has 22 heavy (non-hydrogen) atoms. The van der Waals surface area contributed by atoms with Crippen molar-refractivity contribution in [2.45, 2.75) is 18.9 Å². The first-order valence-electron chi connectivity index (χ1n) is 7.24. The van der Waals surface area contributed by atoms with Crippen LogP contribution in [-0.4, -0.2) is 29.1 Å². The number of anilines is 2. The van der Waals surface area contributed by atoms with Crippen LogP contribution in [0.3, 0.4) is 0 Å². The summed E-state index contributed by atoms with van der Waals surface area (Å²) in [5, 5.41) is 12.0. The van der Waals surface area contributed by atoms with Gasteiger partial charge in [0.2, 0.25) is 0 Å². The van der Waals surface area contributed by atoms with Gasteiger partial charge < -0.3 is 10.2 Å². The fourth-order valence-corrected chi connectivity index (χ4v) is 2.69. The van der Waals surface area contributed by atoms with Crippen LogP contribution in [0, 0.1) is 17.1 Å². The smallest absolute Gasteiger partial charge is 0.158 e. The Bertz CT molecular complexity index is 680. The molecule has 6 heteroatoms. The molecule has 0 radical (unpaired) electrons. The number of hydrogen-bond acceptors (Lipinski definition) is 5. The zero-order valence-corrected chi connectivity index (χ0v) is 12.0. The highest BCUT2D eigenvalue weighted by atomic mass is 19.1. The van der Waals surface area contributed by atoms with Gasteiger partial charge in [-0.3, -0.25) is 0 Å². The van der Waals surface area contributed by atoms with Crippen molar-refractivity contribution in [3.05, 3.63) is 48.2 Å². The Morgan fingerprint density at radius 1 is 1.27 bits per heavy atom. The van der Waals surface area contributed by atoms with Crippen molar-refractivity contribution >= 4 is 11.5 Å². The Kier molecular flexibility index (Phi) is 4.15. The summed E-state index contributed by atoms with van der Waals surface area (Å²) in [6.07, 6.45) is 4.97. The normalized spacial score (nSPS) is 17.8. The monoisotopic (exact) mass is 297 g/mol. The van der Waals surface area contributed by atoms with Crippen LogP contribution in [0.2, 0.25) is 0 Å². The molecule has 0 amide bonds. The van der Waals surface area contributed by atoms with Crippen molar-refractivity contribution in [2.75, 3.05) is 23.3 Å². The summed E-state index contributed by atoms with van der Waals surface area (Å²) in [5.74, 6) is 0.445. The van der Waals surface area contributed by atoms with Crippen LogP contribution in [0.5, 0.6) is 0 Å². The van der Waals surface area contributed by atoms with Crippen molar-refractivity contribution < 1.29 is 4.39 Å². The Morgan fingerprint density at radius 3 is 2.86 bits per heavy atom. The molecule has 2 aromatic rings. The first kappa shape index (κ1) is 14.3. The number of benzene rings is 1.